The summed E-state index contributed by atoms with van der Waals surface area (Å²) in [6, 6.07) is 20.0. The largest absolute Gasteiger partial charge is 0.388 e. The van der Waals surface area contributed by atoms with Crippen LogP contribution in [0.25, 0.3) is 22.2 Å². The molecule has 36 heavy (non-hydrogen) atoms. The lowest BCUT2D eigenvalue weighted by atomic mass is 10.0. The molecule has 6 nitrogen and oxygen atoms in total. The second-order valence-electron chi connectivity index (χ2n) is 7.92. The van der Waals surface area contributed by atoms with Gasteiger partial charge in [-0.3, -0.25) is 9.78 Å². The highest BCUT2D eigenvalue weighted by molar-refractivity contribution is 8.00. The molecule has 1 N–H and O–H groups in total. The number of benzene rings is 2. The van der Waals surface area contributed by atoms with Crippen molar-refractivity contribution in [3.05, 3.63) is 96.8 Å². The second-order valence-corrected chi connectivity index (χ2v) is 8.85. The zero-order chi connectivity index (χ0) is 25.8. The number of carbonyl (C=O) groups is 1. The molecule has 1 saturated heterocycles. The standard InChI is InChI=1S/C16H15N3.C10H11NO2S.C3H6/c1-11-3-5-13(17-2)9-14(11)16-6-4-12-10-18-8-7-15(12)19-16;12-7-9-1-3-10(4-2-9)11-5-6-13-8-14-11;1-3-2/h3-10,17H,1-2H3;1-4,7H,5-6,8H2;3H,1H2,2H3. The Balaban J connectivity index is 0.000000188. The van der Waals surface area contributed by atoms with Gasteiger partial charge in [0.2, 0.25) is 0 Å². The van der Waals surface area contributed by atoms with E-state index in [1.807, 2.05) is 56.6 Å². The smallest absolute Gasteiger partial charge is 0.150 e. The van der Waals surface area contributed by atoms with E-state index >= 15 is 0 Å². The molecule has 0 spiro atoms. The highest BCUT2D eigenvalue weighted by Gasteiger charge is 2.11. The summed E-state index contributed by atoms with van der Waals surface area (Å²) in [5.74, 6) is 0.704. The molecule has 3 heterocycles. The van der Waals surface area contributed by atoms with Gasteiger partial charge in [0, 0.05) is 47.3 Å². The minimum absolute atomic E-state index is 0.704. The molecule has 1 fully saturated rings. The molecule has 186 valence electrons. The van der Waals surface area contributed by atoms with Crippen molar-refractivity contribution in [2.75, 3.05) is 35.8 Å². The van der Waals surface area contributed by atoms with Crippen LogP contribution in [-0.2, 0) is 4.74 Å². The van der Waals surface area contributed by atoms with Crippen LogP contribution in [0.1, 0.15) is 22.8 Å². The minimum Gasteiger partial charge on any atom is -0.388 e. The number of rotatable bonds is 4. The van der Waals surface area contributed by atoms with Gasteiger partial charge in [-0.1, -0.05) is 12.1 Å². The maximum absolute atomic E-state index is 10.5. The van der Waals surface area contributed by atoms with Gasteiger partial charge in [0.05, 0.1) is 24.4 Å². The molecule has 0 atom stereocenters. The molecule has 1 aliphatic heterocycles. The molecule has 5 rings (SSSR count). The van der Waals surface area contributed by atoms with E-state index in [-0.39, 0.29) is 0 Å². The van der Waals surface area contributed by atoms with E-state index < -0.39 is 0 Å². The van der Waals surface area contributed by atoms with Crippen LogP contribution < -0.4 is 9.62 Å². The highest BCUT2D eigenvalue weighted by Crippen LogP contribution is 2.27. The number of fused-ring (bicyclic) bond motifs is 1. The summed E-state index contributed by atoms with van der Waals surface area (Å²) in [4.78, 5) is 19.3. The van der Waals surface area contributed by atoms with Crippen molar-refractivity contribution in [1.29, 1.82) is 0 Å². The van der Waals surface area contributed by atoms with Crippen molar-refractivity contribution in [3.63, 3.8) is 0 Å². The monoisotopic (exact) mass is 500 g/mol. The molecule has 4 aromatic rings. The lowest BCUT2D eigenvalue weighted by molar-refractivity contribution is 0.112. The predicted octanol–water partition coefficient (Wildman–Crippen LogP) is 6.78. The Morgan fingerprint density at radius 3 is 2.56 bits per heavy atom. The summed E-state index contributed by atoms with van der Waals surface area (Å²) in [6.07, 6.45) is 6.22. The number of aryl methyl sites for hydroxylation is 1. The van der Waals surface area contributed by atoms with Gasteiger partial charge in [-0.15, -0.1) is 6.58 Å². The fraction of sp³-hybridized carbons (Fsp3) is 0.207. The lowest BCUT2D eigenvalue weighted by Gasteiger charge is -2.27. The van der Waals surface area contributed by atoms with Gasteiger partial charge in [0.1, 0.15) is 12.2 Å². The molecule has 0 unspecified atom stereocenters. The number of anilines is 2. The van der Waals surface area contributed by atoms with Gasteiger partial charge in [0.25, 0.3) is 0 Å². The van der Waals surface area contributed by atoms with Gasteiger partial charge >= 0.3 is 0 Å². The van der Waals surface area contributed by atoms with Gasteiger partial charge in [-0.05, 0) is 86.0 Å². The molecule has 7 heteroatoms. The van der Waals surface area contributed by atoms with E-state index in [1.54, 1.807) is 24.2 Å². The number of hydrogen-bond acceptors (Lipinski definition) is 7. The Kier molecular flexibility index (Phi) is 10.5. The fourth-order valence-corrected chi connectivity index (χ4v) is 4.26. The van der Waals surface area contributed by atoms with Crippen molar-refractivity contribution >= 4 is 40.5 Å². The summed E-state index contributed by atoms with van der Waals surface area (Å²) < 4.78 is 7.41. The number of allylic oxidation sites excluding steroid dienone is 1. The van der Waals surface area contributed by atoms with E-state index in [4.69, 9.17) is 9.72 Å². The Bertz CT molecular complexity index is 1270. The van der Waals surface area contributed by atoms with Crippen LogP contribution in [0.5, 0.6) is 0 Å². The van der Waals surface area contributed by atoms with Crippen molar-refractivity contribution in [2.45, 2.75) is 13.8 Å². The summed E-state index contributed by atoms with van der Waals surface area (Å²) in [5, 5.41) is 4.23. The number of aromatic nitrogens is 2. The number of nitrogens with one attached hydrogen (secondary N) is 1. The Morgan fingerprint density at radius 2 is 1.89 bits per heavy atom. The second kappa shape index (κ2) is 14.0. The number of pyridine rings is 2. The molecule has 1 aliphatic rings. The molecule has 2 aromatic heterocycles. The van der Waals surface area contributed by atoms with Crippen molar-refractivity contribution in [1.82, 2.24) is 9.97 Å². The Morgan fingerprint density at radius 1 is 1.11 bits per heavy atom. The number of hydrogen-bond donors (Lipinski definition) is 1. The van der Waals surface area contributed by atoms with Crippen LogP contribution in [0.2, 0.25) is 0 Å². The van der Waals surface area contributed by atoms with E-state index in [2.05, 4.69) is 52.4 Å². The summed E-state index contributed by atoms with van der Waals surface area (Å²) >= 11 is 1.65. The zero-order valence-corrected chi connectivity index (χ0v) is 21.8. The van der Waals surface area contributed by atoms with E-state index in [0.717, 1.165) is 53.0 Å². The third-order valence-corrected chi connectivity index (χ3v) is 6.32. The lowest BCUT2D eigenvalue weighted by Crippen LogP contribution is -2.26. The number of ether oxygens (including phenoxy) is 1. The van der Waals surface area contributed by atoms with Crippen LogP contribution in [0.4, 0.5) is 11.4 Å². The van der Waals surface area contributed by atoms with Crippen LogP contribution >= 0.6 is 11.9 Å². The molecule has 2 aromatic carbocycles. The Hall–Kier alpha value is -3.68. The molecule has 0 radical (unpaired) electrons. The molecule has 0 bridgehead atoms. The highest BCUT2D eigenvalue weighted by atomic mass is 32.2. The topological polar surface area (TPSA) is 67.4 Å². The van der Waals surface area contributed by atoms with Gasteiger partial charge in [-0.2, -0.15) is 0 Å². The van der Waals surface area contributed by atoms with Gasteiger partial charge in [-0.25, -0.2) is 4.98 Å². The van der Waals surface area contributed by atoms with Crippen LogP contribution in [0, 0.1) is 6.92 Å². The third kappa shape index (κ3) is 7.41. The van der Waals surface area contributed by atoms with Crippen LogP contribution in [-0.4, -0.2) is 42.4 Å². The maximum Gasteiger partial charge on any atom is 0.150 e. The normalized spacial score (nSPS) is 12.5. The first-order valence-corrected chi connectivity index (χ1v) is 12.6. The summed E-state index contributed by atoms with van der Waals surface area (Å²) in [5.41, 5.74) is 7.29. The van der Waals surface area contributed by atoms with E-state index in [0.29, 0.717) is 11.5 Å². The zero-order valence-electron chi connectivity index (χ0n) is 21.0. The van der Waals surface area contributed by atoms with E-state index in [9.17, 15) is 4.79 Å². The first-order chi connectivity index (χ1) is 17.6. The van der Waals surface area contributed by atoms with Crippen LogP contribution in [0.3, 0.4) is 0 Å². The van der Waals surface area contributed by atoms with Crippen molar-refractivity contribution < 1.29 is 9.53 Å². The Labute approximate surface area is 217 Å². The summed E-state index contributed by atoms with van der Waals surface area (Å²) in [6.45, 7) is 9.01. The summed E-state index contributed by atoms with van der Waals surface area (Å²) in [7, 11) is 1.92. The van der Waals surface area contributed by atoms with Gasteiger partial charge < -0.3 is 14.4 Å². The average Bonchev–Trinajstić information content (AvgIpc) is 2.94. The van der Waals surface area contributed by atoms with Crippen LogP contribution in [0.15, 0.2) is 85.7 Å². The van der Waals surface area contributed by atoms with Gasteiger partial charge in [0.15, 0.2) is 0 Å². The predicted molar refractivity (Wildman–Crippen MR) is 153 cm³/mol. The number of carbonyl (C=O) groups excluding carboxylic acids is 1. The van der Waals surface area contributed by atoms with E-state index in [1.165, 1.54) is 5.56 Å². The molecule has 0 amide bonds. The van der Waals surface area contributed by atoms with Crippen molar-refractivity contribution in [2.24, 2.45) is 0 Å². The molecule has 0 saturated carbocycles. The van der Waals surface area contributed by atoms with Crippen molar-refractivity contribution in [3.8, 4) is 11.3 Å². The third-order valence-electron chi connectivity index (χ3n) is 5.34. The average molecular weight is 501 g/mol. The molecular formula is C29H32N4O2S. The number of aldehydes is 1. The number of nitrogens with zero attached hydrogens (tertiary/aromatic N) is 3. The SMILES string of the molecule is C=CC.CNc1ccc(C)c(-c2ccc3cnccc3n2)c1.O=Cc1ccc(N2CCOCS2)cc1. The quantitative estimate of drug-likeness (QED) is 0.188. The maximum atomic E-state index is 10.5. The first-order valence-electron chi connectivity index (χ1n) is 11.7. The first kappa shape index (κ1) is 26.9. The molecule has 0 aliphatic carbocycles. The minimum atomic E-state index is 0.704. The molecular weight excluding hydrogens is 468 g/mol. The fourth-order valence-electron chi connectivity index (χ4n) is 3.46.